The number of aromatic amines is 1. The van der Waals surface area contributed by atoms with Gasteiger partial charge in [-0.1, -0.05) is 0 Å². The molecule has 0 amide bonds. The Hall–Kier alpha value is -1.43. The quantitative estimate of drug-likeness (QED) is 0.764. The largest absolute Gasteiger partial charge is 0.351 e. The van der Waals surface area contributed by atoms with E-state index in [2.05, 4.69) is 4.98 Å². The Morgan fingerprint density at radius 1 is 1.62 bits per heavy atom. The summed E-state index contributed by atoms with van der Waals surface area (Å²) < 4.78 is 20.5. The second kappa shape index (κ2) is 3.55. The number of ether oxygens (including phenoxy) is 1. The van der Waals surface area contributed by atoms with Gasteiger partial charge >= 0.3 is 5.69 Å². The van der Waals surface area contributed by atoms with E-state index in [0.717, 1.165) is 4.57 Å². The van der Waals surface area contributed by atoms with Crippen LogP contribution in [0.15, 0.2) is 21.9 Å². The monoisotopic (exact) mass is 228 g/mol. The summed E-state index contributed by atoms with van der Waals surface area (Å²) in [7, 11) is 0. The number of H-pyrrole nitrogens is 1. The summed E-state index contributed by atoms with van der Waals surface area (Å²) >= 11 is 0. The lowest BCUT2D eigenvalue weighted by atomic mass is 10.0. The first kappa shape index (κ1) is 11.1. The molecule has 0 saturated carbocycles. The van der Waals surface area contributed by atoms with E-state index >= 15 is 0 Å². The van der Waals surface area contributed by atoms with Gasteiger partial charge in [-0.2, -0.15) is 0 Å². The SMILES string of the molecule is C[C@H]1C[C@@](C)(F)[C@H](n2ccc(=O)[nH]c2=O)O1. The molecule has 1 saturated heterocycles. The van der Waals surface area contributed by atoms with Crippen LogP contribution in [0.1, 0.15) is 26.5 Å². The average Bonchev–Trinajstić information content (AvgIpc) is 2.39. The van der Waals surface area contributed by atoms with E-state index in [-0.39, 0.29) is 12.5 Å². The number of hydrogen-bond donors (Lipinski definition) is 1. The van der Waals surface area contributed by atoms with Crippen molar-refractivity contribution < 1.29 is 9.13 Å². The van der Waals surface area contributed by atoms with E-state index in [1.54, 1.807) is 6.92 Å². The highest BCUT2D eigenvalue weighted by molar-refractivity contribution is 4.94. The summed E-state index contributed by atoms with van der Waals surface area (Å²) in [5.41, 5.74) is -2.77. The summed E-state index contributed by atoms with van der Waals surface area (Å²) in [6.45, 7) is 3.13. The predicted octanol–water partition coefficient (Wildman–Crippen LogP) is 0.572. The fourth-order valence-corrected chi connectivity index (χ4v) is 2.04. The number of hydrogen-bond acceptors (Lipinski definition) is 3. The van der Waals surface area contributed by atoms with Crippen LogP contribution >= 0.6 is 0 Å². The van der Waals surface area contributed by atoms with Gasteiger partial charge in [0.2, 0.25) is 0 Å². The van der Waals surface area contributed by atoms with Crippen molar-refractivity contribution in [3.05, 3.63) is 33.1 Å². The molecule has 6 heteroatoms. The lowest BCUT2D eigenvalue weighted by Crippen LogP contribution is -2.38. The molecule has 0 aliphatic carbocycles. The molecule has 0 radical (unpaired) electrons. The maximum atomic E-state index is 14.1. The second-order valence-corrected chi connectivity index (χ2v) is 4.30. The van der Waals surface area contributed by atoms with Gasteiger partial charge in [0.1, 0.15) is 0 Å². The van der Waals surface area contributed by atoms with Crippen molar-refractivity contribution in [1.82, 2.24) is 9.55 Å². The molecule has 0 bridgehead atoms. The van der Waals surface area contributed by atoms with Crippen molar-refractivity contribution in [3.8, 4) is 0 Å². The standard InChI is InChI=1S/C10H13FN2O3/c1-6-5-10(2,11)8(16-6)13-4-3-7(14)12-9(13)15/h3-4,6,8H,5H2,1-2H3,(H,12,14,15)/t6-,8+,10+/m0/s1. The molecule has 1 aliphatic heterocycles. The van der Waals surface area contributed by atoms with Gasteiger partial charge < -0.3 is 4.74 Å². The fourth-order valence-electron chi connectivity index (χ4n) is 2.04. The first-order valence-corrected chi connectivity index (χ1v) is 5.06. The van der Waals surface area contributed by atoms with Gasteiger partial charge in [-0.25, -0.2) is 9.18 Å². The van der Waals surface area contributed by atoms with Crippen LogP contribution in [0.4, 0.5) is 4.39 Å². The van der Waals surface area contributed by atoms with E-state index in [1.165, 1.54) is 19.2 Å². The fraction of sp³-hybridized carbons (Fsp3) is 0.600. The van der Waals surface area contributed by atoms with Crippen LogP contribution in [0, 0.1) is 0 Å². The number of halogens is 1. The molecule has 0 spiro atoms. The zero-order valence-corrected chi connectivity index (χ0v) is 9.07. The third-order valence-corrected chi connectivity index (χ3v) is 2.67. The molecule has 88 valence electrons. The van der Waals surface area contributed by atoms with Crippen molar-refractivity contribution in [2.75, 3.05) is 0 Å². The van der Waals surface area contributed by atoms with Crippen LogP contribution < -0.4 is 11.2 Å². The van der Waals surface area contributed by atoms with Crippen LogP contribution in [-0.2, 0) is 4.74 Å². The minimum Gasteiger partial charge on any atom is -0.351 e. The Bertz CT molecular complexity index is 505. The Kier molecular flexibility index (Phi) is 2.46. The molecule has 2 rings (SSSR count). The zero-order valence-electron chi connectivity index (χ0n) is 9.07. The molecule has 1 fully saturated rings. The highest BCUT2D eigenvalue weighted by Crippen LogP contribution is 2.39. The van der Waals surface area contributed by atoms with E-state index in [1.807, 2.05) is 0 Å². The van der Waals surface area contributed by atoms with Crippen molar-refractivity contribution >= 4 is 0 Å². The molecule has 1 aromatic heterocycles. The van der Waals surface area contributed by atoms with Gasteiger partial charge in [0.25, 0.3) is 5.56 Å². The number of alkyl halides is 1. The van der Waals surface area contributed by atoms with Crippen LogP contribution in [-0.4, -0.2) is 21.3 Å². The summed E-state index contributed by atoms with van der Waals surface area (Å²) in [4.78, 5) is 24.4. The third-order valence-electron chi connectivity index (χ3n) is 2.67. The molecular formula is C10H13FN2O3. The molecule has 0 aromatic carbocycles. The van der Waals surface area contributed by atoms with E-state index in [4.69, 9.17) is 4.74 Å². The van der Waals surface area contributed by atoms with Crippen LogP contribution in [0.3, 0.4) is 0 Å². The highest BCUT2D eigenvalue weighted by Gasteiger charge is 2.45. The molecule has 0 unspecified atom stereocenters. The van der Waals surface area contributed by atoms with Crippen LogP contribution in [0.2, 0.25) is 0 Å². The first-order chi connectivity index (χ1) is 7.40. The van der Waals surface area contributed by atoms with Crippen LogP contribution in [0.5, 0.6) is 0 Å². The summed E-state index contributed by atoms with van der Waals surface area (Å²) in [6.07, 6.45) is 0.246. The molecule has 3 atom stereocenters. The second-order valence-electron chi connectivity index (χ2n) is 4.30. The molecular weight excluding hydrogens is 215 g/mol. The first-order valence-electron chi connectivity index (χ1n) is 5.06. The maximum Gasteiger partial charge on any atom is 0.330 e. The zero-order chi connectivity index (χ0) is 11.9. The minimum atomic E-state index is -1.61. The van der Waals surface area contributed by atoms with E-state index in [0.29, 0.717) is 0 Å². The van der Waals surface area contributed by atoms with Crippen molar-refractivity contribution in [2.24, 2.45) is 0 Å². The Morgan fingerprint density at radius 3 is 2.81 bits per heavy atom. The van der Waals surface area contributed by atoms with Gasteiger partial charge in [-0.15, -0.1) is 0 Å². The topological polar surface area (TPSA) is 64.1 Å². The Labute approximate surface area is 90.9 Å². The Morgan fingerprint density at radius 2 is 2.31 bits per heavy atom. The minimum absolute atomic E-state index is 0.225. The summed E-state index contributed by atoms with van der Waals surface area (Å²) in [5, 5.41) is 0. The Balaban J connectivity index is 2.45. The summed E-state index contributed by atoms with van der Waals surface area (Å²) in [6, 6.07) is 1.17. The smallest absolute Gasteiger partial charge is 0.330 e. The van der Waals surface area contributed by atoms with E-state index in [9.17, 15) is 14.0 Å². The third kappa shape index (κ3) is 1.80. The average molecular weight is 228 g/mol. The van der Waals surface area contributed by atoms with Gasteiger partial charge in [-0.3, -0.25) is 14.3 Å². The van der Waals surface area contributed by atoms with Crippen molar-refractivity contribution in [1.29, 1.82) is 0 Å². The number of aromatic nitrogens is 2. The molecule has 16 heavy (non-hydrogen) atoms. The van der Waals surface area contributed by atoms with Gasteiger partial charge in [0, 0.05) is 18.7 Å². The van der Waals surface area contributed by atoms with Crippen molar-refractivity contribution in [3.63, 3.8) is 0 Å². The lowest BCUT2D eigenvalue weighted by molar-refractivity contribution is -0.0449. The molecule has 1 N–H and O–H groups in total. The molecule has 1 aliphatic rings. The van der Waals surface area contributed by atoms with Crippen LogP contribution in [0.25, 0.3) is 0 Å². The predicted molar refractivity (Wildman–Crippen MR) is 55.0 cm³/mol. The molecule has 5 nitrogen and oxygen atoms in total. The van der Waals surface area contributed by atoms with E-state index < -0.39 is 23.1 Å². The molecule has 2 heterocycles. The number of rotatable bonds is 1. The van der Waals surface area contributed by atoms with Gasteiger partial charge in [-0.05, 0) is 13.8 Å². The van der Waals surface area contributed by atoms with Gasteiger partial charge in [0.05, 0.1) is 6.10 Å². The highest BCUT2D eigenvalue weighted by atomic mass is 19.1. The number of nitrogens with zero attached hydrogens (tertiary/aromatic N) is 1. The van der Waals surface area contributed by atoms with Crippen molar-refractivity contribution in [2.45, 2.75) is 38.3 Å². The number of nitrogens with one attached hydrogen (secondary N) is 1. The lowest BCUT2D eigenvalue weighted by Gasteiger charge is -2.22. The summed E-state index contributed by atoms with van der Waals surface area (Å²) in [5.74, 6) is 0. The maximum absolute atomic E-state index is 14.1. The normalized spacial score (nSPS) is 34.2. The van der Waals surface area contributed by atoms with Gasteiger partial charge in [0.15, 0.2) is 11.9 Å². The molecule has 1 aromatic rings.